The third kappa shape index (κ3) is 9.42. The van der Waals surface area contributed by atoms with E-state index < -0.39 is 41.2 Å². The lowest BCUT2D eigenvalue weighted by Crippen LogP contribution is -2.38. The van der Waals surface area contributed by atoms with Crippen LogP contribution in [-0.4, -0.2) is 18.8 Å². The second kappa shape index (κ2) is 15.5. The molecule has 0 spiro atoms. The van der Waals surface area contributed by atoms with Gasteiger partial charge in [-0.3, -0.25) is 0 Å². The summed E-state index contributed by atoms with van der Waals surface area (Å²) >= 11 is 0. The number of halogens is 6. The second-order valence-electron chi connectivity index (χ2n) is 12.4. The number of unbranched alkanes of at least 4 members (excludes halogenated alkanes) is 2. The summed E-state index contributed by atoms with van der Waals surface area (Å²) in [6, 6.07) is 1.03. The molecule has 0 amide bonds. The summed E-state index contributed by atoms with van der Waals surface area (Å²) in [4.78, 5) is 0. The fourth-order valence-electron chi connectivity index (χ4n) is 6.96. The molecular formula is C33H44F6O3. The summed E-state index contributed by atoms with van der Waals surface area (Å²) in [6.45, 7) is 3.10. The van der Waals surface area contributed by atoms with Gasteiger partial charge in [-0.05, 0) is 94.3 Å². The van der Waals surface area contributed by atoms with Gasteiger partial charge < -0.3 is 14.2 Å². The largest absolute Gasteiger partial charge is 0.453 e. The second-order valence-corrected chi connectivity index (χ2v) is 12.4. The third-order valence-corrected chi connectivity index (χ3v) is 9.44. The van der Waals surface area contributed by atoms with Crippen LogP contribution in [0.4, 0.5) is 26.3 Å². The van der Waals surface area contributed by atoms with Gasteiger partial charge in [0.05, 0.1) is 18.6 Å². The van der Waals surface area contributed by atoms with Gasteiger partial charge in [0.25, 0.3) is 0 Å². The molecule has 1 aromatic carbocycles. The van der Waals surface area contributed by atoms with Crippen molar-refractivity contribution in [2.45, 2.75) is 109 Å². The SMILES string of the molecule is CCCCCC1CCC(/C=C/C2CCC(C3CCC(C(F)(F)Oc4cc(F)c(OC=C(F)F)c(F)c4)CC3)CC2)OC1. The summed E-state index contributed by atoms with van der Waals surface area (Å²) in [5, 5.41) is 0. The summed E-state index contributed by atoms with van der Waals surface area (Å²) in [6.07, 6.45) is 12.5. The molecule has 3 nitrogen and oxygen atoms in total. The van der Waals surface area contributed by atoms with Gasteiger partial charge >= 0.3 is 12.2 Å². The highest BCUT2D eigenvalue weighted by Crippen LogP contribution is 2.46. The quantitative estimate of drug-likeness (QED) is 0.103. The molecule has 0 bridgehead atoms. The summed E-state index contributed by atoms with van der Waals surface area (Å²) in [5.74, 6) is -3.55. The van der Waals surface area contributed by atoms with Crippen molar-refractivity contribution in [2.24, 2.45) is 29.6 Å². The van der Waals surface area contributed by atoms with Crippen LogP contribution in [0.25, 0.3) is 0 Å². The van der Waals surface area contributed by atoms with E-state index in [1.165, 1.54) is 32.1 Å². The Labute approximate surface area is 245 Å². The predicted octanol–water partition coefficient (Wildman–Crippen LogP) is 10.6. The Morgan fingerprint density at radius 1 is 0.881 bits per heavy atom. The number of alkyl halides is 2. The lowest BCUT2D eigenvalue weighted by molar-refractivity contribution is -0.224. The van der Waals surface area contributed by atoms with Crippen LogP contribution in [0.5, 0.6) is 11.5 Å². The van der Waals surface area contributed by atoms with Gasteiger partial charge in [0.15, 0.2) is 23.6 Å². The molecule has 3 fully saturated rings. The molecule has 236 valence electrons. The Balaban J connectivity index is 1.18. The number of ether oxygens (including phenoxy) is 3. The monoisotopic (exact) mass is 602 g/mol. The smallest absolute Gasteiger partial charge is 0.400 e. The lowest BCUT2D eigenvalue weighted by atomic mass is 9.69. The third-order valence-electron chi connectivity index (χ3n) is 9.44. The van der Waals surface area contributed by atoms with Crippen LogP contribution in [0.15, 0.2) is 36.6 Å². The molecule has 1 saturated heterocycles. The summed E-state index contributed by atoms with van der Waals surface area (Å²) in [7, 11) is 0. The molecule has 9 heteroatoms. The molecule has 3 aliphatic rings. The molecule has 2 atom stereocenters. The van der Waals surface area contributed by atoms with E-state index in [-0.39, 0.29) is 25.2 Å². The van der Waals surface area contributed by atoms with E-state index >= 15 is 0 Å². The van der Waals surface area contributed by atoms with E-state index in [9.17, 15) is 26.3 Å². The van der Waals surface area contributed by atoms with Crippen LogP contribution in [0.3, 0.4) is 0 Å². The maximum atomic E-state index is 14.9. The fraction of sp³-hybridized carbons (Fsp3) is 0.697. The van der Waals surface area contributed by atoms with Crippen molar-refractivity contribution in [3.05, 3.63) is 48.3 Å². The highest BCUT2D eigenvalue weighted by atomic mass is 19.3. The van der Waals surface area contributed by atoms with Crippen LogP contribution < -0.4 is 9.47 Å². The van der Waals surface area contributed by atoms with Crippen LogP contribution in [-0.2, 0) is 4.74 Å². The Morgan fingerprint density at radius 2 is 1.52 bits per heavy atom. The van der Waals surface area contributed by atoms with Crippen LogP contribution in [0, 0.1) is 41.2 Å². The van der Waals surface area contributed by atoms with Gasteiger partial charge in [-0.25, -0.2) is 8.78 Å². The number of allylic oxidation sites excluding steroid dienone is 1. The van der Waals surface area contributed by atoms with Gasteiger partial charge in [0.1, 0.15) is 5.75 Å². The van der Waals surface area contributed by atoms with Crippen molar-refractivity contribution >= 4 is 0 Å². The average molecular weight is 603 g/mol. The van der Waals surface area contributed by atoms with Gasteiger partial charge in [-0.15, -0.1) is 0 Å². The zero-order valence-electron chi connectivity index (χ0n) is 24.4. The van der Waals surface area contributed by atoms with E-state index in [1.54, 1.807) is 0 Å². The molecule has 1 heterocycles. The molecule has 2 unspecified atom stereocenters. The minimum absolute atomic E-state index is 0.131. The minimum Gasteiger partial charge on any atom is -0.453 e. The Kier molecular flexibility index (Phi) is 12.1. The standard InChI is InChI=1S/C33H44F6O3/c1-2-3-4-5-23-9-17-27(40-20-23)16-8-22-6-10-24(11-7-22)25-12-14-26(15-13-25)33(38,39)42-28-18-29(34)32(30(35)19-28)41-21-31(36)37/h8,16,18-19,21-27H,2-7,9-15,17,20H2,1H3/b16-8+. The van der Waals surface area contributed by atoms with Crippen molar-refractivity contribution in [1.29, 1.82) is 0 Å². The molecule has 42 heavy (non-hydrogen) atoms. The molecule has 2 saturated carbocycles. The first-order chi connectivity index (χ1) is 20.1. The Morgan fingerprint density at radius 3 is 2.10 bits per heavy atom. The van der Waals surface area contributed by atoms with E-state index in [0.717, 1.165) is 38.7 Å². The molecule has 1 aliphatic heterocycles. The molecule has 4 rings (SSSR count). The highest BCUT2D eigenvalue weighted by molar-refractivity contribution is 5.35. The molecular weight excluding hydrogens is 558 g/mol. The topological polar surface area (TPSA) is 27.7 Å². The number of benzene rings is 1. The molecule has 0 N–H and O–H groups in total. The lowest BCUT2D eigenvalue weighted by Gasteiger charge is -2.39. The molecule has 1 aromatic rings. The van der Waals surface area contributed by atoms with Crippen molar-refractivity contribution < 1.29 is 40.6 Å². The van der Waals surface area contributed by atoms with Crippen molar-refractivity contribution in [3.8, 4) is 11.5 Å². The van der Waals surface area contributed by atoms with E-state index in [2.05, 4.69) is 23.8 Å². The number of rotatable bonds is 12. The first kappa shape index (κ1) is 32.7. The van der Waals surface area contributed by atoms with Gasteiger partial charge in [0.2, 0.25) is 0 Å². The minimum atomic E-state index is -3.61. The molecule has 0 aromatic heterocycles. The predicted molar refractivity (Wildman–Crippen MR) is 150 cm³/mol. The molecule has 2 aliphatic carbocycles. The van der Waals surface area contributed by atoms with Gasteiger partial charge in [0, 0.05) is 12.1 Å². The molecule has 0 radical (unpaired) electrons. The maximum absolute atomic E-state index is 14.9. The number of hydrogen-bond donors (Lipinski definition) is 0. The van der Waals surface area contributed by atoms with Crippen LogP contribution in [0.1, 0.15) is 96.8 Å². The first-order valence-electron chi connectivity index (χ1n) is 15.7. The van der Waals surface area contributed by atoms with E-state index in [1.807, 2.05) is 0 Å². The summed E-state index contributed by atoms with van der Waals surface area (Å²) in [5.41, 5.74) is 0. The van der Waals surface area contributed by atoms with Crippen molar-refractivity contribution in [1.82, 2.24) is 0 Å². The highest BCUT2D eigenvalue weighted by Gasteiger charge is 2.45. The van der Waals surface area contributed by atoms with Crippen molar-refractivity contribution in [2.75, 3.05) is 6.61 Å². The maximum Gasteiger partial charge on any atom is 0.400 e. The van der Waals surface area contributed by atoms with E-state index in [0.29, 0.717) is 48.6 Å². The van der Waals surface area contributed by atoms with Gasteiger partial charge in [-0.1, -0.05) is 38.3 Å². The van der Waals surface area contributed by atoms with Gasteiger partial charge in [-0.2, -0.15) is 17.6 Å². The van der Waals surface area contributed by atoms with Crippen molar-refractivity contribution in [3.63, 3.8) is 0 Å². The Hall–Kier alpha value is -2.16. The summed E-state index contributed by atoms with van der Waals surface area (Å²) < 4.78 is 97.5. The zero-order valence-corrected chi connectivity index (χ0v) is 24.4. The normalized spacial score (nSPS) is 28.9. The number of hydrogen-bond acceptors (Lipinski definition) is 3. The van der Waals surface area contributed by atoms with E-state index in [4.69, 9.17) is 9.47 Å². The van der Waals surface area contributed by atoms with Crippen LogP contribution >= 0.6 is 0 Å². The zero-order chi connectivity index (χ0) is 30.1. The first-order valence-corrected chi connectivity index (χ1v) is 15.7. The Bertz CT molecular complexity index is 1010. The fourth-order valence-corrected chi connectivity index (χ4v) is 6.96. The average Bonchev–Trinajstić information content (AvgIpc) is 2.96. The van der Waals surface area contributed by atoms with Crippen LogP contribution in [0.2, 0.25) is 0 Å².